The van der Waals surface area contributed by atoms with E-state index >= 15 is 0 Å². The molecule has 0 radical (unpaired) electrons. The maximum absolute atomic E-state index is 12.1. The lowest BCUT2D eigenvalue weighted by atomic mass is 10.1. The monoisotopic (exact) mass is 295 g/mol. The highest BCUT2D eigenvalue weighted by atomic mass is 16.4. The van der Waals surface area contributed by atoms with Gasteiger partial charge >= 0.3 is 5.97 Å². The van der Waals surface area contributed by atoms with Crippen LogP contribution in [0.5, 0.6) is 0 Å². The Morgan fingerprint density at radius 2 is 1.45 bits per heavy atom. The second-order valence-corrected chi connectivity index (χ2v) is 5.07. The number of carboxylic acid groups (broad SMARTS) is 1. The van der Waals surface area contributed by atoms with Crippen LogP contribution in [0, 0.1) is 0 Å². The van der Waals surface area contributed by atoms with Gasteiger partial charge in [-0.2, -0.15) is 0 Å². The molecule has 0 amide bonds. The van der Waals surface area contributed by atoms with Gasteiger partial charge in [-0.1, -0.05) is 18.2 Å². The molecule has 0 aromatic heterocycles. The first-order chi connectivity index (χ1) is 10.5. The van der Waals surface area contributed by atoms with Crippen LogP contribution >= 0.6 is 0 Å². The van der Waals surface area contributed by atoms with Crippen LogP contribution in [0.25, 0.3) is 6.08 Å². The fraction of sp³-hybridized carbons (Fsp3) is 0.111. The second kappa shape index (κ2) is 6.72. The van der Waals surface area contributed by atoms with E-state index < -0.39 is 5.97 Å². The van der Waals surface area contributed by atoms with E-state index in [1.807, 2.05) is 31.1 Å². The van der Waals surface area contributed by atoms with Crippen molar-refractivity contribution in [1.82, 2.24) is 0 Å². The van der Waals surface area contributed by atoms with Crippen molar-refractivity contribution in [1.29, 1.82) is 0 Å². The maximum atomic E-state index is 12.1. The first kappa shape index (κ1) is 15.5. The molecule has 0 aliphatic heterocycles. The molecule has 0 heterocycles. The van der Waals surface area contributed by atoms with Crippen molar-refractivity contribution in [2.75, 3.05) is 19.0 Å². The standard InChI is InChI=1S/C18H17NO3/c1-19(2)16-10-8-14(9-11-16)17(20)12-5-13-3-6-15(7-4-13)18(21)22/h3-12H,1-2H3,(H,21,22). The predicted molar refractivity (Wildman–Crippen MR) is 87.5 cm³/mol. The summed E-state index contributed by atoms with van der Waals surface area (Å²) < 4.78 is 0. The van der Waals surface area contributed by atoms with Gasteiger partial charge in [0.2, 0.25) is 0 Å². The Bertz CT molecular complexity index is 698. The molecule has 0 saturated heterocycles. The minimum atomic E-state index is -0.965. The zero-order chi connectivity index (χ0) is 16.1. The predicted octanol–water partition coefficient (Wildman–Crippen LogP) is 3.35. The molecule has 0 fully saturated rings. The lowest BCUT2D eigenvalue weighted by Gasteiger charge is -2.11. The van der Waals surface area contributed by atoms with Gasteiger partial charge in [0.05, 0.1) is 5.56 Å². The quantitative estimate of drug-likeness (QED) is 0.679. The van der Waals surface area contributed by atoms with Crippen molar-refractivity contribution in [2.45, 2.75) is 0 Å². The average Bonchev–Trinajstić information content (AvgIpc) is 2.53. The third-order valence-corrected chi connectivity index (χ3v) is 3.25. The van der Waals surface area contributed by atoms with E-state index in [4.69, 9.17) is 5.11 Å². The minimum Gasteiger partial charge on any atom is -0.478 e. The smallest absolute Gasteiger partial charge is 0.335 e. The highest BCUT2D eigenvalue weighted by molar-refractivity contribution is 6.07. The molecule has 0 spiro atoms. The third kappa shape index (κ3) is 3.82. The van der Waals surface area contributed by atoms with Gasteiger partial charge < -0.3 is 10.0 Å². The number of hydrogen-bond acceptors (Lipinski definition) is 3. The summed E-state index contributed by atoms with van der Waals surface area (Å²) in [6, 6.07) is 13.7. The molecular weight excluding hydrogens is 278 g/mol. The van der Waals surface area contributed by atoms with Crippen molar-refractivity contribution in [2.24, 2.45) is 0 Å². The Morgan fingerprint density at radius 3 is 1.95 bits per heavy atom. The number of allylic oxidation sites excluding steroid dienone is 1. The van der Waals surface area contributed by atoms with E-state index in [0.29, 0.717) is 5.56 Å². The lowest BCUT2D eigenvalue weighted by molar-refractivity contribution is 0.0696. The van der Waals surface area contributed by atoms with Gasteiger partial charge in [-0.25, -0.2) is 4.79 Å². The van der Waals surface area contributed by atoms with Crippen molar-refractivity contribution in [3.05, 3.63) is 71.3 Å². The van der Waals surface area contributed by atoms with Gasteiger partial charge in [0, 0.05) is 25.3 Å². The Labute approximate surface area is 129 Å². The molecule has 4 nitrogen and oxygen atoms in total. The van der Waals surface area contributed by atoms with Crippen LogP contribution in [0.1, 0.15) is 26.3 Å². The number of rotatable bonds is 5. The van der Waals surface area contributed by atoms with Crippen LogP contribution < -0.4 is 4.90 Å². The van der Waals surface area contributed by atoms with Crippen molar-refractivity contribution < 1.29 is 14.7 Å². The topological polar surface area (TPSA) is 57.6 Å². The molecular formula is C18H17NO3. The Kier molecular flexibility index (Phi) is 4.73. The number of carbonyl (C=O) groups excluding carboxylic acids is 1. The molecule has 2 rings (SSSR count). The van der Waals surface area contributed by atoms with E-state index in [0.717, 1.165) is 11.3 Å². The summed E-state index contributed by atoms with van der Waals surface area (Å²) in [5.74, 6) is -1.06. The van der Waals surface area contributed by atoms with Gasteiger partial charge in [0.1, 0.15) is 0 Å². The molecule has 1 N–H and O–H groups in total. The lowest BCUT2D eigenvalue weighted by Crippen LogP contribution is -2.08. The number of anilines is 1. The summed E-state index contributed by atoms with van der Waals surface area (Å²) in [6.45, 7) is 0. The molecule has 0 aliphatic carbocycles. The van der Waals surface area contributed by atoms with Crippen molar-refractivity contribution >= 4 is 23.5 Å². The van der Waals surface area contributed by atoms with Crippen LogP contribution in [0.4, 0.5) is 5.69 Å². The summed E-state index contributed by atoms with van der Waals surface area (Å²) in [7, 11) is 3.88. The molecule has 2 aromatic rings. The van der Waals surface area contributed by atoms with E-state index in [1.54, 1.807) is 30.3 Å². The van der Waals surface area contributed by atoms with E-state index in [1.165, 1.54) is 18.2 Å². The number of ketones is 1. The highest BCUT2D eigenvalue weighted by Gasteiger charge is 2.03. The van der Waals surface area contributed by atoms with E-state index in [9.17, 15) is 9.59 Å². The van der Waals surface area contributed by atoms with Crippen molar-refractivity contribution in [3.63, 3.8) is 0 Å². The number of nitrogens with zero attached hydrogens (tertiary/aromatic N) is 1. The zero-order valence-electron chi connectivity index (χ0n) is 12.5. The van der Waals surface area contributed by atoms with Crippen LogP contribution in [0.2, 0.25) is 0 Å². The normalized spacial score (nSPS) is 10.6. The molecule has 0 saturated carbocycles. The van der Waals surface area contributed by atoms with Crippen LogP contribution in [-0.4, -0.2) is 31.0 Å². The first-order valence-corrected chi connectivity index (χ1v) is 6.80. The maximum Gasteiger partial charge on any atom is 0.335 e. The summed E-state index contributed by atoms with van der Waals surface area (Å²) in [4.78, 5) is 24.8. The SMILES string of the molecule is CN(C)c1ccc(C(=O)C=Cc2ccc(C(=O)O)cc2)cc1. The number of aromatic carboxylic acids is 1. The largest absolute Gasteiger partial charge is 0.478 e. The van der Waals surface area contributed by atoms with Gasteiger partial charge in [-0.05, 0) is 48.0 Å². The van der Waals surface area contributed by atoms with Gasteiger partial charge in [0.25, 0.3) is 0 Å². The van der Waals surface area contributed by atoms with E-state index in [-0.39, 0.29) is 11.3 Å². The molecule has 0 unspecified atom stereocenters. The van der Waals surface area contributed by atoms with Crippen molar-refractivity contribution in [3.8, 4) is 0 Å². The summed E-state index contributed by atoms with van der Waals surface area (Å²) in [6.07, 6.45) is 3.16. The molecule has 0 bridgehead atoms. The minimum absolute atomic E-state index is 0.0902. The highest BCUT2D eigenvalue weighted by Crippen LogP contribution is 2.13. The Morgan fingerprint density at radius 1 is 0.909 bits per heavy atom. The van der Waals surface area contributed by atoms with Crippen LogP contribution in [0.3, 0.4) is 0 Å². The molecule has 4 heteroatoms. The summed E-state index contributed by atoms with van der Waals surface area (Å²) in [5.41, 5.74) is 2.65. The third-order valence-electron chi connectivity index (χ3n) is 3.25. The van der Waals surface area contributed by atoms with Crippen LogP contribution in [0.15, 0.2) is 54.6 Å². The van der Waals surface area contributed by atoms with Crippen LogP contribution in [-0.2, 0) is 0 Å². The zero-order valence-corrected chi connectivity index (χ0v) is 12.5. The molecule has 2 aromatic carbocycles. The van der Waals surface area contributed by atoms with Gasteiger partial charge in [0.15, 0.2) is 5.78 Å². The summed E-state index contributed by atoms with van der Waals surface area (Å²) >= 11 is 0. The first-order valence-electron chi connectivity index (χ1n) is 6.80. The molecule has 0 aliphatic rings. The molecule has 22 heavy (non-hydrogen) atoms. The average molecular weight is 295 g/mol. The fourth-order valence-corrected chi connectivity index (χ4v) is 1.93. The fourth-order valence-electron chi connectivity index (χ4n) is 1.93. The van der Waals surface area contributed by atoms with Gasteiger partial charge in [-0.15, -0.1) is 0 Å². The van der Waals surface area contributed by atoms with Gasteiger partial charge in [-0.3, -0.25) is 4.79 Å². The number of benzene rings is 2. The van der Waals surface area contributed by atoms with E-state index in [2.05, 4.69) is 0 Å². The number of carboxylic acids is 1. The molecule has 112 valence electrons. The number of hydrogen-bond donors (Lipinski definition) is 1. The molecule has 0 atom stereocenters. The Balaban J connectivity index is 2.08. The summed E-state index contributed by atoms with van der Waals surface area (Å²) in [5, 5.41) is 8.83. The Hall–Kier alpha value is -2.88. The second-order valence-electron chi connectivity index (χ2n) is 5.07. The number of carbonyl (C=O) groups is 2.